The summed E-state index contributed by atoms with van der Waals surface area (Å²) in [5.41, 5.74) is 3.17. The second-order valence-electron chi connectivity index (χ2n) is 8.15. The highest BCUT2D eigenvalue weighted by molar-refractivity contribution is 5.67. The van der Waals surface area contributed by atoms with Crippen LogP contribution in [-0.2, 0) is 17.7 Å². The van der Waals surface area contributed by atoms with Crippen LogP contribution in [0.5, 0.6) is 0 Å². The molecule has 2 fully saturated rings. The number of ether oxygens (including phenoxy) is 1. The van der Waals surface area contributed by atoms with Crippen molar-refractivity contribution < 1.29 is 4.74 Å². The minimum atomic E-state index is 0.269. The monoisotopic (exact) mass is 384 g/mol. The van der Waals surface area contributed by atoms with Gasteiger partial charge in [-0.3, -0.25) is 0 Å². The lowest BCUT2D eigenvalue weighted by molar-refractivity contribution is 0.120. The van der Waals surface area contributed by atoms with Crippen molar-refractivity contribution in [2.24, 2.45) is 0 Å². The first-order valence-electron chi connectivity index (χ1n) is 10.7. The molecule has 1 atom stereocenters. The molecule has 3 aliphatic heterocycles. The van der Waals surface area contributed by atoms with E-state index in [0.29, 0.717) is 0 Å². The fourth-order valence-electron chi connectivity index (χ4n) is 4.54. The molecule has 1 aromatic rings. The number of nitrogens with one attached hydrogen (secondary N) is 1. The summed E-state index contributed by atoms with van der Waals surface area (Å²) in [6.07, 6.45) is 3.43. The van der Waals surface area contributed by atoms with E-state index in [1.54, 1.807) is 0 Å². The molecule has 0 amide bonds. The molecule has 0 radical (unpaired) electrons. The number of piperazine rings is 1. The Morgan fingerprint density at radius 1 is 1.21 bits per heavy atom. The van der Waals surface area contributed by atoms with Gasteiger partial charge in [0.05, 0.1) is 11.7 Å². The number of pyridine rings is 1. The standard InChI is InChI=1S/C21H32N6O/c1-3-26-8-10-27(11-9-26)21-18(13-22)17-6-7-25(2)15-19(17)20(24-21)23-14-16-5-4-12-28-16/h16H,3-12,14-15H2,1-2H3,(H,23,24). The Labute approximate surface area is 168 Å². The Bertz CT molecular complexity index is 731. The van der Waals surface area contributed by atoms with Crippen LogP contribution in [0.3, 0.4) is 0 Å². The molecule has 0 bridgehead atoms. The lowest BCUT2D eigenvalue weighted by Crippen LogP contribution is -2.47. The predicted molar refractivity (Wildman–Crippen MR) is 111 cm³/mol. The van der Waals surface area contributed by atoms with Crippen molar-refractivity contribution in [2.45, 2.75) is 38.8 Å². The van der Waals surface area contributed by atoms with Gasteiger partial charge in [0.15, 0.2) is 0 Å². The zero-order valence-corrected chi connectivity index (χ0v) is 17.2. The van der Waals surface area contributed by atoms with Gasteiger partial charge in [-0.05, 0) is 38.4 Å². The number of nitriles is 1. The molecular formula is C21H32N6O. The van der Waals surface area contributed by atoms with Crippen LogP contribution in [-0.4, -0.2) is 80.4 Å². The van der Waals surface area contributed by atoms with Crippen molar-refractivity contribution in [3.8, 4) is 6.07 Å². The molecule has 0 saturated carbocycles. The topological polar surface area (TPSA) is 67.7 Å². The van der Waals surface area contributed by atoms with Gasteiger partial charge in [0.25, 0.3) is 0 Å². The SMILES string of the molecule is CCN1CCN(c2nc(NCC3CCCO3)c3c(c2C#N)CCN(C)C3)CC1. The second-order valence-corrected chi connectivity index (χ2v) is 8.15. The largest absolute Gasteiger partial charge is 0.376 e. The van der Waals surface area contributed by atoms with Crippen LogP contribution in [0, 0.1) is 11.3 Å². The molecule has 0 aliphatic carbocycles. The van der Waals surface area contributed by atoms with Gasteiger partial charge in [0.1, 0.15) is 17.7 Å². The lowest BCUT2D eigenvalue weighted by Gasteiger charge is -2.37. The average Bonchev–Trinajstić information content (AvgIpc) is 3.25. The Balaban J connectivity index is 1.65. The number of hydrogen-bond donors (Lipinski definition) is 1. The van der Waals surface area contributed by atoms with Gasteiger partial charge in [-0.1, -0.05) is 6.92 Å². The van der Waals surface area contributed by atoms with Crippen molar-refractivity contribution in [1.82, 2.24) is 14.8 Å². The van der Waals surface area contributed by atoms with Crippen molar-refractivity contribution in [3.63, 3.8) is 0 Å². The summed E-state index contributed by atoms with van der Waals surface area (Å²) < 4.78 is 5.79. The fourth-order valence-corrected chi connectivity index (χ4v) is 4.54. The van der Waals surface area contributed by atoms with Gasteiger partial charge >= 0.3 is 0 Å². The number of fused-ring (bicyclic) bond motifs is 1. The van der Waals surface area contributed by atoms with E-state index in [1.807, 2.05) is 0 Å². The molecule has 2 saturated heterocycles. The van der Waals surface area contributed by atoms with Crippen LogP contribution in [0.15, 0.2) is 0 Å². The highest BCUT2D eigenvalue weighted by atomic mass is 16.5. The Hall–Kier alpha value is -1.88. The maximum Gasteiger partial charge on any atom is 0.149 e. The number of anilines is 2. The van der Waals surface area contributed by atoms with Gasteiger partial charge in [-0.2, -0.15) is 5.26 Å². The van der Waals surface area contributed by atoms with Crippen LogP contribution in [0.1, 0.15) is 36.5 Å². The van der Waals surface area contributed by atoms with Crippen molar-refractivity contribution >= 4 is 11.6 Å². The molecule has 7 heteroatoms. The van der Waals surface area contributed by atoms with E-state index in [4.69, 9.17) is 9.72 Å². The molecular weight excluding hydrogens is 352 g/mol. The van der Waals surface area contributed by atoms with E-state index < -0.39 is 0 Å². The van der Waals surface area contributed by atoms with Crippen LogP contribution in [0.25, 0.3) is 0 Å². The van der Waals surface area contributed by atoms with E-state index in [2.05, 4.69) is 40.1 Å². The molecule has 3 aliphatic rings. The number of likely N-dealkylation sites (N-methyl/N-ethyl adjacent to an activating group) is 2. The summed E-state index contributed by atoms with van der Waals surface area (Å²) in [5, 5.41) is 13.6. The predicted octanol–water partition coefficient (Wildman–Crippen LogP) is 1.67. The van der Waals surface area contributed by atoms with Gasteiger partial charge in [-0.15, -0.1) is 0 Å². The molecule has 7 nitrogen and oxygen atoms in total. The third kappa shape index (κ3) is 3.95. The van der Waals surface area contributed by atoms with Crippen LogP contribution in [0.2, 0.25) is 0 Å². The number of nitrogens with zero attached hydrogens (tertiary/aromatic N) is 5. The molecule has 1 N–H and O–H groups in total. The first-order chi connectivity index (χ1) is 13.7. The van der Waals surface area contributed by atoms with E-state index in [9.17, 15) is 5.26 Å². The Morgan fingerprint density at radius 2 is 2.04 bits per heavy atom. The fraction of sp³-hybridized carbons (Fsp3) is 0.714. The van der Waals surface area contributed by atoms with Gasteiger partial charge < -0.3 is 24.8 Å². The van der Waals surface area contributed by atoms with E-state index >= 15 is 0 Å². The van der Waals surface area contributed by atoms with Gasteiger partial charge in [0, 0.05) is 58.0 Å². The summed E-state index contributed by atoms with van der Waals surface area (Å²) >= 11 is 0. The van der Waals surface area contributed by atoms with E-state index in [1.165, 1.54) is 11.1 Å². The van der Waals surface area contributed by atoms with Gasteiger partial charge in [-0.25, -0.2) is 4.98 Å². The minimum Gasteiger partial charge on any atom is -0.376 e. The number of rotatable bonds is 5. The molecule has 0 spiro atoms. The highest BCUT2D eigenvalue weighted by Crippen LogP contribution is 2.33. The summed E-state index contributed by atoms with van der Waals surface area (Å²) in [6.45, 7) is 10.7. The van der Waals surface area contributed by atoms with Crippen molar-refractivity contribution in [2.75, 3.05) is 69.7 Å². The summed E-state index contributed by atoms with van der Waals surface area (Å²) in [6, 6.07) is 2.50. The van der Waals surface area contributed by atoms with E-state index in [0.717, 1.165) is 95.4 Å². The average molecular weight is 385 g/mol. The van der Waals surface area contributed by atoms with Gasteiger partial charge in [0.2, 0.25) is 0 Å². The van der Waals surface area contributed by atoms with Crippen molar-refractivity contribution in [1.29, 1.82) is 5.26 Å². The lowest BCUT2D eigenvalue weighted by atomic mass is 9.95. The normalized spacial score (nSPS) is 23.5. The number of aromatic nitrogens is 1. The Morgan fingerprint density at radius 3 is 2.71 bits per heavy atom. The number of hydrogen-bond acceptors (Lipinski definition) is 7. The quantitative estimate of drug-likeness (QED) is 0.828. The first-order valence-corrected chi connectivity index (χ1v) is 10.7. The minimum absolute atomic E-state index is 0.269. The molecule has 4 heterocycles. The molecule has 1 aromatic heterocycles. The molecule has 1 unspecified atom stereocenters. The van der Waals surface area contributed by atoms with Crippen molar-refractivity contribution in [3.05, 3.63) is 16.7 Å². The smallest absolute Gasteiger partial charge is 0.149 e. The highest BCUT2D eigenvalue weighted by Gasteiger charge is 2.28. The van der Waals surface area contributed by atoms with E-state index in [-0.39, 0.29) is 6.10 Å². The molecule has 0 aromatic carbocycles. The molecule has 152 valence electrons. The Kier molecular flexibility index (Phi) is 6.00. The maximum atomic E-state index is 9.98. The summed E-state index contributed by atoms with van der Waals surface area (Å²) in [5.74, 6) is 1.82. The summed E-state index contributed by atoms with van der Waals surface area (Å²) in [4.78, 5) is 12.1. The first kappa shape index (κ1) is 19.4. The zero-order chi connectivity index (χ0) is 19.5. The van der Waals surface area contributed by atoms with Crippen LogP contribution in [0.4, 0.5) is 11.6 Å². The third-order valence-electron chi connectivity index (χ3n) is 6.32. The zero-order valence-electron chi connectivity index (χ0n) is 17.2. The summed E-state index contributed by atoms with van der Waals surface area (Å²) in [7, 11) is 2.14. The van der Waals surface area contributed by atoms with Crippen LogP contribution >= 0.6 is 0 Å². The molecule has 28 heavy (non-hydrogen) atoms. The third-order valence-corrected chi connectivity index (χ3v) is 6.32. The maximum absolute atomic E-state index is 9.98. The van der Waals surface area contributed by atoms with Crippen LogP contribution < -0.4 is 10.2 Å². The second kappa shape index (κ2) is 8.64. The molecule has 4 rings (SSSR count).